The SMILES string of the molecule is C=CCC(CC(N)N)C(CC=C)(CC=C)CC=C. The number of rotatable bonds is 11. The Kier molecular flexibility index (Phi) is 8.34. The van der Waals surface area contributed by atoms with Gasteiger partial charge >= 0.3 is 0 Å². The first-order valence-corrected chi connectivity index (χ1v) is 6.51. The van der Waals surface area contributed by atoms with Crippen molar-refractivity contribution in [2.75, 3.05) is 0 Å². The Morgan fingerprint density at radius 3 is 1.56 bits per heavy atom. The van der Waals surface area contributed by atoms with E-state index in [4.69, 9.17) is 11.5 Å². The van der Waals surface area contributed by atoms with Crippen molar-refractivity contribution in [3.05, 3.63) is 50.6 Å². The number of hydrogen-bond donors (Lipinski definition) is 2. The molecule has 18 heavy (non-hydrogen) atoms. The van der Waals surface area contributed by atoms with Gasteiger partial charge in [0.15, 0.2) is 0 Å². The minimum atomic E-state index is -0.297. The maximum absolute atomic E-state index is 5.77. The fourth-order valence-electron chi connectivity index (χ4n) is 2.74. The van der Waals surface area contributed by atoms with E-state index < -0.39 is 0 Å². The lowest BCUT2D eigenvalue weighted by atomic mass is 9.65. The fourth-order valence-corrected chi connectivity index (χ4v) is 2.74. The quantitative estimate of drug-likeness (QED) is 0.434. The van der Waals surface area contributed by atoms with E-state index in [1.54, 1.807) is 0 Å². The number of nitrogens with two attached hydrogens (primary N) is 2. The molecule has 0 heterocycles. The van der Waals surface area contributed by atoms with Crippen molar-refractivity contribution >= 4 is 0 Å². The third-order valence-electron chi connectivity index (χ3n) is 3.53. The second-order valence-corrected chi connectivity index (χ2v) is 4.96. The Hall–Kier alpha value is -1.12. The first-order chi connectivity index (χ1) is 8.56. The molecule has 2 heteroatoms. The Balaban J connectivity index is 5.24. The van der Waals surface area contributed by atoms with Crippen molar-refractivity contribution in [3.63, 3.8) is 0 Å². The normalized spacial score (nSPS) is 13.1. The van der Waals surface area contributed by atoms with Gasteiger partial charge in [0.05, 0.1) is 6.17 Å². The molecule has 0 aromatic rings. The summed E-state index contributed by atoms with van der Waals surface area (Å²) in [6.07, 6.45) is 12.0. The van der Waals surface area contributed by atoms with Crippen LogP contribution in [0.4, 0.5) is 0 Å². The average Bonchev–Trinajstić information content (AvgIpc) is 2.29. The minimum absolute atomic E-state index is 0.0659. The molecule has 102 valence electrons. The van der Waals surface area contributed by atoms with Gasteiger partial charge in [-0.05, 0) is 43.4 Å². The number of allylic oxidation sites excluding steroid dienone is 4. The van der Waals surface area contributed by atoms with Crippen molar-refractivity contribution in [1.82, 2.24) is 0 Å². The zero-order valence-electron chi connectivity index (χ0n) is 11.5. The smallest absolute Gasteiger partial charge is 0.0523 e. The predicted octanol–water partition coefficient (Wildman–Crippen LogP) is 3.53. The van der Waals surface area contributed by atoms with Crippen molar-refractivity contribution in [2.45, 2.75) is 38.3 Å². The monoisotopic (exact) mass is 248 g/mol. The predicted molar refractivity (Wildman–Crippen MR) is 82.0 cm³/mol. The molecule has 2 nitrogen and oxygen atoms in total. The highest BCUT2D eigenvalue weighted by Crippen LogP contribution is 2.44. The van der Waals surface area contributed by atoms with Crippen LogP contribution in [0.2, 0.25) is 0 Å². The van der Waals surface area contributed by atoms with E-state index in [9.17, 15) is 0 Å². The zero-order chi connectivity index (χ0) is 14.0. The van der Waals surface area contributed by atoms with Gasteiger partial charge in [0.2, 0.25) is 0 Å². The van der Waals surface area contributed by atoms with Crippen molar-refractivity contribution in [3.8, 4) is 0 Å². The maximum Gasteiger partial charge on any atom is 0.0523 e. The van der Waals surface area contributed by atoms with Gasteiger partial charge < -0.3 is 11.5 Å². The molecule has 4 N–H and O–H groups in total. The standard InChI is InChI=1S/C16H28N2/c1-5-9-14(13-15(17)18)16(10-6-2,11-7-3)12-8-4/h5-8,14-15H,1-4,9-13,17-18H2. The molecule has 1 unspecified atom stereocenters. The summed E-state index contributed by atoms with van der Waals surface area (Å²) in [5, 5.41) is 0. The largest absolute Gasteiger partial charge is 0.316 e. The van der Waals surface area contributed by atoms with Crippen LogP contribution in [0.5, 0.6) is 0 Å². The Morgan fingerprint density at radius 2 is 1.28 bits per heavy atom. The lowest BCUT2D eigenvalue weighted by Crippen LogP contribution is -2.39. The molecule has 0 saturated carbocycles. The van der Waals surface area contributed by atoms with E-state index in [2.05, 4.69) is 26.3 Å². The topological polar surface area (TPSA) is 52.0 Å². The summed E-state index contributed by atoms with van der Waals surface area (Å²) in [7, 11) is 0. The van der Waals surface area contributed by atoms with Crippen LogP contribution in [0.1, 0.15) is 32.1 Å². The highest BCUT2D eigenvalue weighted by Gasteiger charge is 2.35. The highest BCUT2D eigenvalue weighted by molar-refractivity contribution is 5.01. The van der Waals surface area contributed by atoms with Crippen molar-refractivity contribution in [1.29, 1.82) is 0 Å². The summed E-state index contributed by atoms with van der Waals surface area (Å²) >= 11 is 0. The van der Waals surface area contributed by atoms with Gasteiger partial charge in [-0.15, -0.1) is 26.3 Å². The van der Waals surface area contributed by atoms with Crippen LogP contribution >= 0.6 is 0 Å². The van der Waals surface area contributed by atoms with Crippen LogP contribution < -0.4 is 11.5 Å². The molecule has 0 fully saturated rings. The van der Waals surface area contributed by atoms with Gasteiger partial charge in [-0.25, -0.2) is 0 Å². The molecule has 0 saturated heterocycles. The Labute approximate surface area is 112 Å². The first kappa shape index (κ1) is 16.9. The molecule has 0 aromatic carbocycles. The van der Waals surface area contributed by atoms with Gasteiger partial charge in [0.25, 0.3) is 0 Å². The zero-order valence-corrected chi connectivity index (χ0v) is 11.5. The second kappa shape index (κ2) is 8.90. The summed E-state index contributed by atoms with van der Waals surface area (Å²) in [6, 6.07) is 0. The molecule has 1 atom stereocenters. The van der Waals surface area contributed by atoms with Crippen LogP contribution in [0, 0.1) is 11.3 Å². The maximum atomic E-state index is 5.77. The van der Waals surface area contributed by atoms with Gasteiger partial charge in [-0.2, -0.15) is 0 Å². The fraction of sp³-hybridized carbons (Fsp3) is 0.500. The lowest BCUT2D eigenvalue weighted by molar-refractivity contribution is 0.149. The van der Waals surface area contributed by atoms with Crippen molar-refractivity contribution in [2.24, 2.45) is 22.8 Å². The summed E-state index contributed by atoms with van der Waals surface area (Å²) in [5.41, 5.74) is 11.6. The molecule has 0 spiro atoms. The third-order valence-corrected chi connectivity index (χ3v) is 3.53. The average molecular weight is 248 g/mol. The third kappa shape index (κ3) is 5.03. The minimum Gasteiger partial charge on any atom is -0.316 e. The molecule has 0 aliphatic heterocycles. The lowest BCUT2D eigenvalue weighted by Gasteiger charge is -2.40. The molecular formula is C16H28N2. The van der Waals surface area contributed by atoms with E-state index in [1.165, 1.54) is 0 Å². The van der Waals surface area contributed by atoms with Gasteiger partial charge in [-0.1, -0.05) is 24.3 Å². The molecule has 0 aliphatic carbocycles. The van der Waals surface area contributed by atoms with E-state index in [-0.39, 0.29) is 11.6 Å². The van der Waals surface area contributed by atoms with Crippen molar-refractivity contribution < 1.29 is 0 Å². The highest BCUT2D eigenvalue weighted by atomic mass is 14.8. The van der Waals surface area contributed by atoms with Crippen LogP contribution in [0.15, 0.2) is 50.6 Å². The van der Waals surface area contributed by atoms with E-state index >= 15 is 0 Å². The first-order valence-electron chi connectivity index (χ1n) is 6.51. The molecule has 0 radical (unpaired) electrons. The molecule has 0 aliphatic rings. The van der Waals surface area contributed by atoms with Crippen LogP contribution in [0.25, 0.3) is 0 Å². The van der Waals surface area contributed by atoms with Gasteiger partial charge in [0.1, 0.15) is 0 Å². The summed E-state index contributed by atoms with van der Waals surface area (Å²) < 4.78 is 0. The van der Waals surface area contributed by atoms with Crippen LogP contribution in [0.3, 0.4) is 0 Å². The second-order valence-electron chi connectivity index (χ2n) is 4.96. The van der Waals surface area contributed by atoms with E-state index in [1.807, 2.05) is 24.3 Å². The molecule has 0 amide bonds. The molecular weight excluding hydrogens is 220 g/mol. The Bertz CT molecular complexity index is 252. The number of hydrogen-bond acceptors (Lipinski definition) is 2. The molecule has 0 rings (SSSR count). The molecule has 0 bridgehead atoms. The summed E-state index contributed by atoms with van der Waals surface area (Å²) in [5.74, 6) is 0.379. The van der Waals surface area contributed by atoms with Gasteiger partial charge in [-0.3, -0.25) is 0 Å². The van der Waals surface area contributed by atoms with Gasteiger partial charge in [0, 0.05) is 0 Å². The van der Waals surface area contributed by atoms with Crippen LogP contribution in [-0.2, 0) is 0 Å². The summed E-state index contributed by atoms with van der Waals surface area (Å²) in [6.45, 7) is 15.5. The Morgan fingerprint density at radius 1 is 0.833 bits per heavy atom. The summed E-state index contributed by atoms with van der Waals surface area (Å²) in [4.78, 5) is 0. The van der Waals surface area contributed by atoms with E-state index in [0.29, 0.717) is 5.92 Å². The van der Waals surface area contributed by atoms with Crippen LogP contribution in [-0.4, -0.2) is 6.17 Å². The van der Waals surface area contributed by atoms with E-state index in [0.717, 1.165) is 32.1 Å². The molecule has 0 aromatic heterocycles.